The van der Waals surface area contributed by atoms with Gasteiger partial charge in [-0.05, 0) is 36.4 Å². The van der Waals surface area contributed by atoms with Crippen molar-refractivity contribution in [3.05, 3.63) is 53.1 Å². The van der Waals surface area contributed by atoms with Gasteiger partial charge in [-0.1, -0.05) is 24.6 Å². The summed E-state index contributed by atoms with van der Waals surface area (Å²) in [5, 5.41) is 3.09. The molecule has 27 heavy (non-hydrogen) atoms. The highest BCUT2D eigenvalue weighted by Crippen LogP contribution is 2.30. The van der Waals surface area contributed by atoms with Gasteiger partial charge in [-0.15, -0.1) is 0 Å². The molecule has 9 heteroatoms. The third kappa shape index (κ3) is 3.77. The molecular weight excluding hydrogens is 392 g/mol. The number of nitrogens with one attached hydrogen (secondary N) is 1. The Morgan fingerprint density at radius 1 is 1.26 bits per heavy atom. The quantitative estimate of drug-likeness (QED) is 0.839. The second-order valence-corrected chi connectivity index (χ2v) is 8.43. The summed E-state index contributed by atoms with van der Waals surface area (Å²) in [5.74, 6) is -1.45. The average Bonchev–Trinajstić information content (AvgIpc) is 2.82. The number of sulfonamides is 1. The van der Waals surface area contributed by atoms with Crippen molar-refractivity contribution in [1.29, 1.82) is 0 Å². The SMILES string of the molecule is COc1ccc(Cl)cc1NC(=O)c1cccc(N2C(=O)C(C)CS2(=O)=O)c1. The predicted molar refractivity (Wildman–Crippen MR) is 103 cm³/mol. The molecular formula is C18H17ClN2O5S. The first-order chi connectivity index (χ1) is 12.7. The summed E-state index contributed by atoms with van der Waals surface area (Å²) in [6.07, 6.45) is 0. The predicted octanol–water partition coefficient (Wildman–Crippen LogP) is 2.91. The number of anilines is 2. The molecule has 0 bridgehead atoms. The lowest BCUT2D eigenvalue weighted by molar-refractivity contribution is -0.119. The van der Waals surface area contributed by atoms with Gasteiger partial charge in [0.2, 0.25) is 15.9 Å². The average molecular weight is 409 g/mol. The molecule has 0 radical (unpaired) electrons. The van der Waals surface area contributed by atoms with Crippen LogP contribution in [0.15, 0.2) is 42.5 Å². The second-order valence-electron chi connectivity index (χ2n) is 6.13. The minimum Gasteiger partial charge on any atom is -0.495 e. The third-order valence-corrected chi connectivity index (χ3v) is 6.22. The normalized spacial score (nSPS) is 18.4. The number of rotatable bonds is 4. The molecule has 2 amide bonds. The zero-order valence-corrected chi connectivity index (χ0v) is 16.2. The van der Waals surface area contributed by atoms with Crippen LogP contribution in [0.2, 0.25) is 5.02 Å². The van der Waals surface area contributed by atoms with Crippen LogP contribution in [-0.4, -0.2) is 33.1 Å². The van der Waals surface area contributed by atoms with Crippen molar-refractivity contribution in [2.45, 2.75) is 6.92 Å². The van der Waals surface area contributed by atoms with E-state index in [9.17, 15) is 18.0 Å². The lowest BCUT2D eigenvalue weighted by Gasteiger charge is -2.16. The van der Waals surface area contributed by atoms with Crippen LogP contribution in [0.25, 0.3) is 0 Å². The molecule has 7 nitrogen and oxygen atoms in total. The van der Waals surface area contributed by atoms with Crippen molar-refractivity contribution in [1.82, 2.24) is 0 Å². The van der Waals surface area contributed by atoms with Crippen molar-refractivity contribution in [3.63, 3.8) is 0 Å². The fourth-order valence-corrected chi connectivity index (χ4v) is 4.82. The number of amides is 2. The van der Waals surface area contributed by atoms with Crippen LogP contribution in [0.1, 0.15) is 17.3 Å². The fraction of sp³-hybridized carbons (Fsp3) is 0.222. The van der Waals surface area contributed by atoms with E-state index in [1.165, 1.54) is 37.4 Å². The van der Waals surface area contributed by atoms with Gasteiger partial charge in [0.25, 0.3) is 5.91 Å². The smallest absolute Gasteiger partial charge is 0.255 e. The van der Waals surface area contributed by atoms with Crippen LogP contribution in [0.4, 0.5) is 11.4 Å². The van der Waals surface area contributed by atoms with Gasteiger partial charge in [0.15, 0.2) is 0 Å². The topological polar surface area (TPSA) is 92.8 Å². The van der Waals surface area contributed by atoms with E-state index in [1.807, 2.05) is 0 Å². The summed E-state index contributed by atoms with van der Waals surface area (Å²) in [6, 6.07) is 10.7. The third-order valence-electron chi connectivity index (χ3n) is 4.11. The van der Waals surface area contributed by atoms with Crippen LogP contribution in [0.5, 0.6) is 5.75 Å². The molecule has 142 valence electrons. The highest BCUT2D eigenvalue weighted by Gasteiger charge is 2.42. The molecule has 1 N–H and O–H groups in total. The largest absolute Gasteiger partial charge is 0.495 e. The molecule has 0 aliphatic carbocycles. The number of ether oxygens (including phenoxy) is 1. The Balaban J connectivity index is 1.91. The van der Waals surface area contributed by atoms with Crippen molar-refractivity contribution in [3.8, 4) is 5.75 Å². The molecule has 1 atom stereocenters. The number of benzene rings is 2. The highest BCUT2D eigenvalue weighted by molar-refractivity contribution is 7.94. The maximum Gasteiger partial charge on any atom is 0.255 e. The number of nitrogens with zero attached hydrogens (tertiary/aromatic N) is 1. The summed E-state index contributed by atoms with van der Waals surface area (Å²) in [7, 11) is -2.28. The maximum atomic E-state index is 12.6. The van der Waals surface area contributed by atoms with Gasteiger partial charge in [-0.3, -0.25) is 9.59 Å². The minimum absolute atomic E-state index is 0.134. The first-order valence-electron chi connectivity index (χ1n) is 8.05. The molecule has 1 fully saturated rings. The number of carbonyl (C=O) groups excluding carboxylic acids is 2. The van der Waals surface area contributed by atoms with Crippen LogP contribution in [-0.2, 0) is 14.8 Å². The molecule has 1 heterocycles. The molecule has 1 aliphatic rings. The number of halogens is 1. The van der Waals surface area contributed by atoms with Crippen LogP contribution in [0, 0.1) is 5.92 Å². The zero-order valence-electron chi connectivity index (χ0n) is 14.6. The van der Waals surface area contributed by atoms with Crippen LogP contribution >= 0.6 is 11.6 Å². The Labute approximate surface area is 161 Å². The summed E-state index contributed by atoms with van der Waals surface area (Å²) >= 11 is 5.96. The Hall–Kier alpha value is -2.58. The molecule has 1 aliphatic heterocycles. The molecule has 1 unspecified atom stereocenters. The molecule has 2 aromatic carbocycles. The first-order valence-corrected chi connectivity index (χ1v) is 10.0. The number of carbonyl (C=O) groups is 2. The van der Waals surface area contributed by atoms with E-state index in [2.05, 4.69) is 5.32 Å². The zero-order chi connectivity index (χ0) is 19.8. The summed E-state index contributed by atoms with van der Waals surface area (Å²) in [4.78, 5) is 24.8. The standard InChI is InChI=1S/C18H17ClN2O5S/c1-11-10-27(24,25)21(18(11)23)14-5-3-4-12(8-14)17(22)20-15-9-13(19)6-7-16(15)26-2/h3-9,11H,10H2,1-2H3,(H,20,22). The first kappa shape index (κ1) is 19.2. The molecule has 1 saturated heterocycles. The van der Waals surface area contributed by atoms with E-state index in [1.54, 1.807) is 19.1 Å². The lowest BCUT2D eigenvalue weighted by atomic mass is 10.1. The summed E-state index contributed by atoms with van der Waals surface area (Å²) in [5.41, 5.74) is 0.700. The summed E-state index contributed by atoms with van der Waals surface area (Å²) in [6.45, 7) is 1.56. The Morgan fingerprint density at radius 3 is 2.63 bits per heavy atom. The van der Waals surface area contributed by atoms with Crippen molar-refractivity contribution < 1.29 is 22.7 Å². The molecule has 0 saturated carbocycles. The van der Waals surface area contributed by atoms with E-state index >= 15 is 0 Å². The van der Waals surface area contributed by atoms with Gasteiger partial charge in [-0.25, -0.2) is 12.7 Å². The number of methoxy groups -OCH3 is 1. The van der Waals surface area contributed by atoms with Crippen molar-refractivity contribution in [2.24, 2.45) is 5.92 Å². The van der Waals surface area contributed by atoms with E-state index in [0.29, 0.717) is 16.5 Å². The minimum atomic E-state index is -3.74. The van der Waals surface area contributed by atoms with E-state index in [-0.39, 0.29) is 17.0 Å². The van der Waals surface area contributed by atoms with Gasteiger partial charge in [-0.2, -0.15) is 0 Å². The van der Waals surface area contributed by atoms with Gasteiger partial charge in [0.05, 0.1) is 30.2 Å². The van der Waals surface area contributed by atoms with Gasteiger partial charge >= 0.3 is 0 Å². The highest BCUT2D eigenvalue weighted by atomic mass is 35.5. The molecule has 0 spiro atoms. The Morgan fingerprint density at radius 2 is 2.00 bits per heavy atom. The van der Waals surface area contributed by atoms with Crippen LogP contribution in [0.3, 0.4) is 0 Å². The van der Waals surface area contributed by atoms with Gasteiger partial charge in [0.1, 0.15) is 5.75 Å². The Kier molecular flexibility index (Phi) is 5.12. The van der Waals surface area contributed by atoms with Crippen molar-refractivity contribution in [2.75, 3.05) is 22.5 Å². The second kappa shape index (κ2) is 7.21. The molecule has 2 aromatic rings. The molecule has 0 aromatic heterocycles. The van der Waals surface area contributed by atoms with Gasteiger partial charge in [0, 0.05) is 10.6 Å². The molecule has 3 rings (SSSR count). The fourth-order valence-electron chi connectivity index (χ4n) is 2.83. The Bertz CT molecular complexity index is 1020. The number of hydrogen-bond acceptors (Lipinski definition) is 5. The van der Waals surface area contributed by atoms with E-state index in [4.69, 9.17) is 16.3 Å². The monoisotopic (exact) mass is 408 g/mol. The lowest BCUT2D eigenvalue weighted by Crippen LogP contribution is -2.30. The van der Waals surface area contributed by atoms with Gasteiger partial charge < -0.3 is 10.1 Å². The van der Waals surface area contributed by atoms with E-state index in [0.717, 1.165) is 4.31 Å². The van der Waals surface area contributed by atoms with E-state index < -0.39 is 27.8 Å². The summed E-state index contributed by atoms with van der Waals surface area (Å²) < 4.78 is 30.4. The number of hydrogen-bond donors (Lipinski definition) is 1. The maximum absolute atomic E-state index is 12.6. The van der Waals surface area contributed by atoms with Crippen molar-refractivity contribution >= 4 is 44.8 Å². The van der Waals surface area contributed by atoms with Crippen LogP contribution < -0.4 is 14.4 Å².